The van der Waals surface area contributed by atoms with Crippen molar-refractivity contribution in [2.75, 3.05) is 14.1 Å². The first-order valence-corrected chi connectivity index (χ1v) is 10.2. The van der Waals surface area contributed by atoms with E-state index in [1.165, 1.54) is 5.56 Å². The summed E-state index contributed by atoms with van der Waals surface area (Å²) in [4.78, 5) is 26.5. The lowest BCUT2D eigenvalue weighted by molar-refractivity contribution is -0.153. The van der Waals surface area contributed by atoms with E-state index in [-0.39, 0.29) is 17.2 Å². The van der Waals surface area contributed by atoms with Crippen molar-refractivity contribution >= 4 is 11.9 Å². The van der Waals surface area contributed by atoms with E-state index in [0.717, 1.165) is 5.56 Å². The van der Waals surface area contributed by atoms with Gasteiger partial charge in [-0.05, 0) is 48.6 Å². The predicted octanol–water partition coefficient (Wildman–Crippen LogP) is 5.46. The predicted molar refractivity (Wildman–Crippen MR) is 116 cm³/mol. The fourth-order valence-electron chi connectivity index (χ4n) is 4.09. The Morgan fingerprint density at radius 2 is 1.50 bits per heavy atom. The summed E-state index contributed by atoms with van der Waals surface area (Å²) in [6.45, 7) is 14.2. The molecule has 0 spiro atoms. The van der Waals surface area contributed by atoms with Crippen molar-refractivity contribution in [3.05, 3.63) is 35.4 Å². The molecule has 0 saturated heterocycles. The van der Waals surface area contributed by atoms with E-state index < -0.39 is 16.8 Å². The Hall–Kier alpha value is -1.84. The van der Waals surface area contributed by atoms with Gasteiger partial charge in [0.25, 0.3) is 0 Å². The Morgan fingerprint density at radius 1 is 1.00 bits per heavy atom. The van der Waals surface area contributed by atoms with Gasteiger partial charge in [0, 0.05) is 19.5 Å². The van der Waals surface area contributed by atoms with Crippen LogP contribution in [0.1, 0.15) is 84.8 Å². The van der Waals surface area contributed by atoms with Gasteiger partial charge in [-0.3, -0.25) is 9.59 Å². The molecular formula is C24H39NO3. The van der Waals surface area contributed by atoms with Gasteiger partial charge < -0.3 is 10.0 Å². The van der Waals surface area contributed by atoms with Crippen molar-refractivity contribution in [1.82, 2.24) is 4.90 Å². The molecule has 0 bridgehead atoms. The number of carbonyl (C=O) groups is 2. The Bertz CT molecular complexity index is 687. The minimum absolute atomic E-state index is 0.00958. The number of carbonyl (C=O) groups excluding carboxylic acids is 1. The average Bonchev–Trinajstić information content (AvgIpc) is 2.59. The highest BCUT2D eigenvalue weighted by Crippen LogP contribution is 2.43. The maximum absolute atomic E-state index is 12.7. The van der Waals surface area contributed by atoms with Crippen LogP contribution in [0.25, 0.3) is 0 Å². The summed E-state index contributed by atoms with van der Waals surface area (Å²) in [7, 11) is 3.46. The van der Waals surface area contributed by atoms with Crippen LogP contribution in [0.5, 0.6) is 0 Å². The molecule has 3 atom stereocenters. The molecule has 1 rings (SSSR count). The molecule has 158 valence electrons. The van der Waals surface area contributed by atoms with Gasteiger partial charge in [-0.2, -0.15) is 0 Å². The van der Waals surface area contributed by atoms with Gasteiger partial charge in [-0.15, -0.1) is 0 Å². The van der Waals surface area contributed by atoms with Crippen LogP contribution in [0.2, 0.25) is 0 Å². The van der Waals surface area contributed by atoms with E-state index in [9.17, 15) is 14.7 Å². The lowest BCUT2D eigenvalue weighted by atomic mass is 9.67. The summed E-state index contributed by atoms with van der Waals surface area (Å²) in [5.74, 6) is -0.757. The lowest BCUT2D eigenvalue weighted by Gasteiger charge is -2.38. The summed E-state index contributed by atoms with van der Waals surface area (Å²) in [5.41, 5.74) is 0.829. The molecule has 0 aromatic heterocycles. The molecule has 0 fully saturated rings. The van der Waals surface area contributed by atoms with Crippen molar-refractivity contribution in [2.45, 2.75) is 79.1 Å². The molecule has 1 N–H and O–H groups in total. The standard InChI is InChI=1S/C24H39NO3/c1-10-23(6,20(26)25(8)9)16-24(7,21(27)28)15-17(2)18-11-13-19(14-12-18)22(3,4)5/h11-14,17H,10,15-16H2,1-9H3,(H,27,28). The van der Waals surface area contributed by atoms with Gasteiger partial charge in [0.05, 0.1) is 5.41 Å². The molecule has 4 nitrogen and oxygen atoms in total. The molecule has 1 aromatic rings. The highest BCUT2D eigenvalue weighted by atomic mass is 16.4. The van der Waals surface area contributed by atoms with Crippen LogP contribution in [0.4, 0.5) is 0 Å². The maximum Gasteiger partial charge on any atom is 0.309 e. The number of hydrogen-bond acceptors (Lipinski definition) is 2. The quantitative estimate of drug-likeness (QED) is 0.642. The zero-order valence-electron chi connectivity index (χ0n) is 19.2. The molecule has 0 aliphatic heterocycles. The maximum atomic E-state index is 12.7. The van der Waals surface area contributed by atoms with Crippen molar-refractivity contribution in [2.24, 2.45) is 10.8 Å². The number of carboxylic acid groups (broad SMARTS) is 1. The zero-order valence-corrected chi connectivity index (χ0v) is 19.2. The van der Waals surface area contributed by atoms with Crippen LogP contribution in [-0.2, 0) is 15.0 Å². The molecule has 3 unspecified atom stereocenters. The molecule has 1 amide bonds. The van der Waals surface area contributed by atoms with Crippen LogP contribution < -0.4 is 0 Å². The van der Waals surface area contributed by atoms with Crippen LogP contribution in [0.3, 0.4) is 0 Å². The summed E-state index contributed by atoms with van der Waals surface area (Å²) in [5, 5.41) is 10.0. The largest absolute Gasteiger partial charge is 0.481 e. The Labute approximate surface area is 171 Å². The number of aliphatic carboxylic acids is 1. The number of hydrogen-bond donors (Lipinski definition) is 1. The van der Waals surface area contributed by atoms with Gasteiger partial charge in [-0.25, -0.2) is 0 Å². The van der Waals surface area contributed by atoms with Gasteiger partial charge in [-0.1, -0.05) is 65.8 Å². The number of amides is 1. The van der Waals surface area contributed by atoms with Crippen molar-refractivity contribution in [1.29, 1.82) is 0 Å². The topological polar surface area (TPSA) is 57.6 Å². The number of benzene rings is 1. The van der Waals surface area contributed by atoms with Gasteiger partial charge in [0.2, 0.25) is 5.91 Å². The molecule has 0 aliphatic rings. The van der Waals surface area contributed by atoms with Gasteiger partial charge >= 0.3 is 5.97 Å². The first-order chi connectivity index (χ1) is 12.7. The van der Waals surface area contributed by atoms with E-state index in [1.807, 2.05) is 13.8 Å². The summed E-state index contributed by atoms with van der Waals surface area (Å²) in [6, 6.07) is 8.49. The monoisotopic (exact) mass is 389 g/mol. The van der Waals surface area contributed by atoms with E-state index in [1.54, 1.807) is 25.9 Å². The Kier molecular flexibility index (Phi) is 7.49. The second-order valence-corrected chi connectivity index (χ2v) is 10.1. The molecule has 4 heteroatoms. The second kappa shape index (κ2) is 8.67. The third kappa shape index (κ3) is 5.59. The SMILES string of the molecule is CCC(C)(CC(C)(CC(C)c1ccc(C(C)(C)C)cc1)C(=O)O)C(=O)N(C)C. The van der Waals surface area contributed by atoms with Crippen molar-refractivity contribution in [3.8, 4) is 0 Å². The minimum atomic E-state index is -0.974. The highest BCUT2D eigenvalue weighted by Gasteiger charge is 2.45. The molecule has 28 heavy (non-hydrogen) atoms. The fourth-order valence-corrected chi connectivity index (χ4v) is 4.09. The van der Waals surface area contributed by atoms with Gasteiger partial charge in [0.15, 0.2) is 0 Å². The van der Waals surface area contributed by atoms with Crippen molar-refractivity contribution in [3.63, 3.8) is 0 Å². The first-order valence-electron chi connectivity index (χ1n) is 10.2. The third-order valence-electron chi connectivity index (χ3n) is 6.10. The Balaban J connectivity index is 3.11. The van der Waals surface area contributed by atoms with Crippen molar-refractivity contribution < 1.29 is 14.7 Å². The highest BCUT2D eigenvalue weighted by molar-refractivity contribution is 5.83. The second-order valence-electron chi connectivity index (χ2n) is 10.1. The normalized spacial score (nSPS) is 17.3. The van der Waals surface area contributed by atoms with Crippen LogP contribution in [0, 0.1) is 10.8 Å². The molecule has 0 radical (unpaired) electrons. The average molecular weight is 390 g/mol. The minimum Gasteiger partial charge on any atom is -0.481 e. The molecule has 0 saturated carbocycles. The third-order valence-corrected chi connectivity index (χ3v) is 6.10. The van der Waals surface area contributed by atoms with Gasteiger partial charge in [0.1, 0.15) is 0 Å². The van der Waals surface area contributed by atoms with E-state index in [4.69, 9.17) is 0 Å². The van der Waals surface area contributed by atoms with Crippen LogP contribution in [0.15, 0.2) is 24.3 Å². The molecule has 1 aromatic carbocycles. The number of carboxylic acids is 1. The molecule has 0 heterocycles. The smallest absolute Gasteiger partial charge is 0.309 e. The number of nitrogens with zero attached hydrogens (tertiary/aromatic N) is 1. The van der Waals surface area contributed by atoms with Crippen LogP contribution >= 0.6 is 0 Å². The number of rotatable bonds is 8. The van der Waals surface area contributed by atoms with E-state index in [2.05, 4.69) is 52.0 Å². The van der Waals surface area contributed by atoms with E-state index in [0.29, 0.717) is 19.3 Å². The summed E-state index contributed by atoms with van der Waals surface area (Å²) < 4.78 is 0. The Morgan fingerprint density at radius 3 is 1.86 bits per heavy atom. The zero-order chi connectivity index (χ0) is 21.9. The molecule has 0 aliphatic carbocycles. The first kappa shape index (κ1) is 24.2. The molecular weight excluding hydrogens is 350 g/mol. The summed E-state index contributed by atoms with van der Waals surface area (Å²) >= 11 is 0. The van der Waals surface area contributed by atoms with Crippen LogP contribution in [-0.4, -0.2) is 36.0 Å². The lowest BCUT2D eigenvalue weighted by Crippen LogP contribution is -2.44. The summed E-state index contributed by atoms with van der Waals surface area (Å²) in [6.07, 6.45) is 1.43. The fraction of sp³-hybridized carbons (Fsp3) is 0.667. The van der Waals surface area contributed by atoms with E-state index >= 15 is 0 Å².